The normalized spacial score (nSPS) is 22.6. The number of piperidine rings is 1. The second-order valence-electron chi connectivity index (χ2n) is 5.79. The molecule has 3 rings (SSSR count). The summed E-state index contributed by atoms with van der Waals surface area (Å²) < 4.78 is 19.1. The fraction of sp³-hybridized carbons (Fsp3) is 0.562. The van der Waals surface area contributed by atoms with Gasteiger partial charge in [0.05, 0.1) is 6.04 Å². The standard InChI is InChI=1S/C16H21FN2O2S.ClH/c1-21-16(5-7-18-8-6-16)15(20)19-13-4-9-22-14-3-2-11(17)10-12(13)14;/h2-3,10,13,18H,4-9H2,1H3,(H,19,20);1H. The monoisotopic (exact) mass is 360 g/mol. The molecular formula is C16H22ClFN2O2S. The van der Waals surface area contributed by atoms with Crippen LogP contribution in [0.5, 0.6) is 0 Å². The van der Waals surface area contributed by atoms with Gasteiger partial charge in [-0.3, -0.25) is 4.79 Å². The Morgan fingerprint density at radius 2 is 2.17 bits per heavy atom. The maximum Gasteiger partial charge on any atom is 0.252 e. The van der Waals surface area contributed by atoms with Gasteiger partial charge in [0.1, 0.15) is 11.4 Å². The van der Waals surface area contributed by atoms with Crippen LogP contribution in [0.3, 0.4) is 0 Å². The van der Waals surface area contributed by atoms with Crippen molar-refractivity contribution in [1.29, 1.82) is 0 Å². The van der Waals surface area contributed by atoms with Crippen molar-refractivity contribution in [3.05, 3.63) is 29.6 Å². The zero-order valence-corrected chi connectivity index (χ0v) is 14.7. The van der Waals surface area contributed by atoms with Crippen LogP contribution < -0.4 is 10.6 Å². The first-order valence-electron chi connectivity index (χ1n) is 7.64. The highest BCUT2D eigenvalue weighted by Gasteiger charge is 2.41. The predicted molar refractivity (Wildman–Crippen MR) is 91.7 cm³/mol. The maximum absolute atomic E-state index is 13.5. The number of thioether (sulfide) groups is 1. The van der Waals surface area contributed by atoms with Gasteiger partial charge >= 0.3 is 0 Å². The first-order chi connectivity index (χ1) is 10.6. The minimum Gasteiger partial charge on any atom is -0.368 e. The lowest BCUT2D eigenvalue weighted by Gasteiger charge is -2.37. The molecule has 2 heterocycles. The molecule has 1 atom stereocenters. The molecule has 1 unspecified atom stereocenters. The average Bonchev–Trinajstić information content (AvgIpc) is 2.56. The number of fused-ring (bicyclic) bond motifs is 1. The number of benzene rings is 1. The van der Waals surface area contributed by atoms with E-state index in [2.05, 4.69) is 10.6 Å². The van der Waals surface area contributed by atoms with Crippen LogP contribution >= 0.6 is 24.2 Å². The molecule has 2 aliphatic heterocycles. The SMILES string of the molecule is COC1(C(=O)NC2CCSc3ccc(F)cc32)CCNCC1.Cl. The molecule has 0 saturated carbocycles. The summed E-state index contributed by atoms with van der Waals surface area (Å²) in [5, 5.41) is 6.33. The Labute approximate surface area is 146 Å². The average molecular weight is 361 g/mol. The third-order valence-electron chi connectivity index (χ3n) is 4.53. The Bertz CT molecular complexity index is 567. The molecule has 1 amide bonds. The van der Waals surface area contributed by atoms with Crippen LogP contribution in [0.1, 0.15) is 30.9 Å². The van der Waals surface area contributed by atoms with Crippen LogP contribution in [0.4, 0.5) is 4.39 Å². The fourth-order valence-corrected chi connectivity index (χ4v) is 4.27. The smallest absolute Gasteiger partial charge is 0.252 e. The van der Waals surface area contributed by atoms with Crippen LogP contribution in [0.2, 0.25) is 0 Å². The summed E-state index contributed by atoms with van der Waals surface area (Å²) >= 11 is 1.71. The lowest BCUT2D eigenvalue weighted by atomic mass is 9.90. The van der Waals surface area contributed by atoms with Crippen molar-refractivity contribution in [2.45, 2.75) is 35.8 Å². The summed E-state index contributed by atoms with van der Waals surface area (Å²) in [6, 6.07) is 4.67. The number of ether oxygens (including phenoxy) is 1. The molecule has 1 aromatic carbocycles. The van der Waals surface area contributed by atoms with Crippen molar-refractivity contribution >= 4 is 30.1 Å². The van der Waals surface area contributed by atoms with Crippen LogP contribution in [-0.4, -0.2) is 37.5 Å². The summed E-state index contributed by atoms with van der Waals surface area (Å²) in [6.07, 6.45) is 2.13. The number of hydrogen-bond acceptors (Lipinski definition) is 4. The first-order valence-corrected chi connectivity index (χ1v) is 8.62. The van der Waals surface area contributed by atoms with E-state index in [0.29, 0.717) is 12.8 Å². The van der Waals surface area contributed by atoms with Crippen LogP contribution in [0, 0.1) is 5.82 Å². The summed E-state index contributed by atoms with van der Waals surface area (Å²) in [4.78, 5) is 13.8. The molecule has 0 spiro atoms. The van der Waals surface area contributed by atoms with E-state index in [9.17, 15) is 9.18 Å². The molecule has 7 heteroatoms. The molecule has 128 valence electrons. The molecule has 0 bridgehead atoms. The van der Waals surface area contributed by atoms with Crippen molar-refractivity contribution in [1.82, 2.24) is 10.6 Å². The van der Waals surface area contributed by atoms with Crippen LogP contribution in [0.25, 0.3) is 0 Å². The molecule has 0 aliphatic carbocycles. The number of nitrogens with one attached hydrogen (secondary N) is 2. The van der Waals surface area contributed by atoms with E-state index in [1.165, 1.54) is 12.1 Å². The van der Waals surface area contributed by atoms with Gasteiger partial charge in [-0.2, -0.15) is 0 Å². The van der Waals surface area contributed by atoms with E-state index in [1.54, 1.807) is 24.9 Å². The van der Waals surface area contributed by atoms with E-state index in [-0.39, 0.29) is 30.2 Å². The Morgan fingerprint density at radius 1 is 1.43 bits per heavy atom. The molecule has 1 fully saturated rings. The van der Waals surface area contributed by atoms with Gasteiger partial charge in [-0.15, -0.1) is 24.2 Å². The summed E-state index contributed by atoms with van der Waals surface area (Å²) in [5.74, 6) is 0.581. The third kappa shape index (κ3) is 3.82. The Balaban J connectivity index is 0.00000192. The number of halogens is 2. The Kier molecular flexibility index (Phi) is 6.31. The van der Waals surface area contributed by atoms with E-state index in [1.807, 2.05) is 0 Å². The van der Waals surface area contributed by atoms with Gasteiger partial charge in [0, 0.05) is 17.8 Å². The van der Waals surface area contributed by atoms with Crippen molar-refractivity contribution < 1.29 is 13.9 Å². The van der Waals surface area contributed by atoms with Gasteiger partial charge in [-0.05, 0) is 56.1 Å². The largest absolute Gasteiger partial charge is 0.368 e. The topological polar surface area (TPSA) is 50.4 Å². The van der Waals surface area contributed by atoms with Gasteiger partial charge in [0.2, 0.25) is 0 Å². The second-order valence-corrected chi connectivity index (χ2v) is 6.93. The summed E-state index contributed by atoms with van der Waals surface area (Å²) in [6.45, 7) is 1.54. The lowest BCUT2D eigenvalue weighted by molar-refractivity contribution is -0.147. The van der Waals surface area contributed by atoms with Gasteiger partial charge in [-0.1, -0.05) is 0 Å². The van der Waals surface area contributed by atoms with Crippen molar-refractivity contribution in [2.75, 3.05) is 26.0 Å². The predicted octanol–water partition coefficient (Wildman–Crippen LogP) is 2.67. The molecule has 4 nitrogen and oxygen atoms in total. The molecule has 2 aliphatic rings. The van der Waals surface area contributed by atoms with Gasteiger partial charge in [0.15, 0.2) is 0 Å². The molecule has 0 radical (unpaired) electrons. The second kappa shape index (κ2) is 7.83. The number of hydrogen-bond donors (Lipinski definition) is 2. The van der Waals surface area contributed by atoms with E-state index in [0.717, 1.165) is 35.7 Å². The van der Waals surface area contributed by atoms with Crippen molar-refractivity contribution in [3.8, 4) is 0 Å². The quantitative estimate of drug-likeness (QED) is 0.870. The molecule has 1 aromatic rings. The highest BCUT2D eigenvalue weighted by Crippen LogP contribution is 2.37. The van der Waals surface area contributed by atoms with Crippen LogP contribution in [-0.2, 0) is 9.53 Å². The zero-order valence-electron chi connectivity index (χ0n) is 13.1. The molecule has 0 aromatic heterocycles. The maximum atomic E-state index is 13.5. The minimum absolute atomic E-state index is 0. The van der Waals surface area contributed by atoms with Crippen molar-refractivity contribution in [3.63, 3.8) is 0 Å². The number of amides is 1. The summed E-state index contributed by atoms with van der Waals surface area (Å²) in [7, 11) is 1.59. The third-order valence-corrected chi connectivity index (χ3v) is 5.66. The van der Waals surface area contributed by atoms with Crippen LogP contribution in [0.15, 0.2) is 23.1 Å². The number of rotatable bonds is 3. The van der Waals surface area contributed by atoms with Gasteiger partial charge in [0.25, 0.3) is 5.91 Å². The molecule has 2 N–H and O–H groups in total. The number of methoxy groups -OCH3 is 1. The minimum atomic E-state index is -0.761. The Hall–Kier alpha value is -0.820. The zero-order chi connectivity index (χ0) is 15.6. The van der Waals surface area contributed by atoms with Gasteiger partial charge < -0.3 is 15.4 Å². The molecular weight excluding hydrogens is 339 g/mol. The fourth-order valence-electron chi connectivity index (χ4n) is 3.16. The first kappa shape index (κ1) is 18.5. The molecule has 23 heavy (non-hydrogen) atoms. The Morgan fingerprint density at radius 3 is 2.87 bits per heavy atom. The van der Waals surface area contributed by atoms with Gasteiger partial charge in [-0.25, -0.2) is 4.39 Å². The lowest BCUT2D eigenvalue weighted by Crippen LogP contribution is -2.54. The van der Waals surface area contributed by atoms with E-state index in [4.69, 9.17) is 4.74 Å². The van der Waals surface area contributed by atoms with E-state index < -0.39 is 5.60 Å². The van der Waals surface area contributed by atoms with E-state index >= 15 is 0 Å². The highest BCUT2D eigenvalue weighted by molar-refractivity contribution is 7.99. The van der Waals surface area contributed by atoms with Crippen molar-refractivity contribution in [2.24, 2.45) is 0 Å². The highest BCUT2D eigenvalue weighted by atomic mass is 35.5. The number of carbonyl (C=O) groups is 1. The summed E-state index contributed by atoms with van der Waals surface area (Å²) in [5.41, 5.74) is 0.119. The molecule has 1 saturated heterocycles. The number of carbonyl (C=O) groups excluding carboxylic acids is 1.